The molecule has 194 valence electrons. The van der Waals surface area contributed by atoms with E-state index in [1.807, 2.05) is 116 Å². The number of hydrogen-bond donors (Lipinski definition) is 0. The Morgan fingerprint density at radius 1 is 0.333 bits per heavy atom. The van der Waals surface area contributed by atoms with Gasteiger partial charge in [-0.1, -0.05) is 91.8 Å². The van der Waals surface area contributed by atoms with Gasteiger partial charge in [0, 0.05) is 0 Å². The number of azo groups is 1. The second-order valence-electron chi connectivity index (χ2n) is 5.66. The molecule has 0 saturated heterocycles. The van der Waals surface area contributed by atoms with Crippen LogP contribution in [0.3, 0.4) is 0 Å². The van der Waals surface area contributed by atoms with Gasteiger partial charge in [0.1, 0.15) is 0 Å². The van der Waals surface area contributed by atoms with Gasteiger partial charge in [0.2, 0.25) is 0 Å². The summed E-state index contributed by atoms with van der Waals surface area (Å²) in [5, 5.41) is 8.20. The zero-order valence-electron chi connectivity index (χ0n) is 23.3. The van der Waals surface area contributed by atoms with Gasteiger partial charge in [-0.05, 0) is 24.3 Å². The Labute approximate surface area is 238 Å². The first kappa shape index (κ1) is 36.2. The van der Waals surface area contributed by atoms with Gasteiger partial charge < -0.3 is 0 Å². The van der Waals surface area contributed by atoms with Crippen LogP contribution < -0.4 is 7.22 Å². The third-order valence-electron chi connectivity index (χ3n) is 3.51. The third-order valence-corrected chi connectivity index (χ3v) is 15.4. The van der Waals surface area contributed by atoms with E-state index in [9.17, 15) is 0 Å². The first-order valence-corrected chi connectivity index (χ1v) is 22.5. The van der Waals surface area contributed by atoms with E-state index in [2.05, 4.69) is 70.9 Å². The van der Waals surface area contributed by atoms with E-state index in [1.165, 1.54) is 0 Å². The molecule has 0 aliphatic heterocycles. The molecule has 0 heterocycles. The van der Waals surface area contributed by atoms with E-state index in [1.54, 1.807) is 7.22 Å². The van der Waals surface area contributed by atoms with Gasteiger partial charge in [0.15, 0.2) is 0 Å². The third kappa shape index (κ3) is 19.3. The van der Waals surface area contributed by atoms with Crippen molar-refractivity contribution in [1.82, 2.24) is 0 Å². The minimum atomic E-state index is 0.0996. The second-order valence-corrected chi connectivity index (χ2v) is 15.7. The normalized spacial score (nSPS) is 8.67. The van der Waals surface area contributed by atoms with Gasteiger partial charge in [-0.25, -0.2) is 0 Å². The van der Waals surface area contributed by atoms with Gasteiger partial charge in [0.05, 0.1) is 11.4 Å². The molecule has 0 aliphatic carbocycles. The average molecular weight is 712 g/mol. The Bertz CT molecular complexity index is 865. The molecule has 0 atom stereocenters. The van der Waals surface area contributed by atoms with E-state index >= 15 is 0 Å². The summed E-state index contributed by atoms with van der Waals surface area (Å²) in [6.45, 7) is 16.0. The maximum absolute atomic E-state index is 4.10. The van der Waals surface area contributed by atoms with Crippen molar-refractivity contribution in [2.45, 2.75) is 55.4 Å². The Kier molecular flexibility index (Phi) is 29.5. The molecule has 4 aromatic rings. The van der Waals surface area contributed by atoms with Gasteiger partial charge in [-0.3, -0.25) is 0 Å². The molecule has 4 heteroatoms. The van der Waals surface area contributed by atoms with Crippen LogP contribution in [0.1, 0.15) is 55.4 Å². The van der Waals surface area contributed by atoms with Crippen molar-refractivity contribution >= 4 is 52.7 Å². The molecule has 0 spiro atoms. The fourth-order valence-corrected chi connectivity index (χ4v) is 12.2. The summed E-state index contributed by atoms with van der Waals surface area (Å²) in [5.74, 6) is 0. The van der Waals surface area contributed by atoms with Crippen molar-refractivity contribution in [2.75, 3.05) is 0 Å². The molecule has 36 heavy (non-hydrogen) atoms. The summed E-state index contributed by atoms with van der Waals surface area (Å²) in [7, 11) is 0. The molecule has 4 rings (SSSR count). The number of nitrogens with zero attached hydrogens (tertiary/aromatic N) is 2. The van der Waals surface area contributed by atoms with Crippen molar-refractivity contribution in [1.29, 1.82) is 0 Å². The quantitative estimate of drug-likeness (QED) is 0.146. The summed E-state index contributed by atoms with van der Waals surface area (Å²) in [4.78, 5) is 0. The Hall–Kier alpha value is -1.94. The van der Waals surface area contributed by atoms with Crippen LogP contribution in [0.15, 0.2) is 132 Å². The maximum atomic E-state index is 4.10. The zero-order chi connectivity index (χ0) is 27.3. The van der Waals surface area contributed by atoms with E-state index in [0.29, 0.717) is 0 Å². The van der Waals surface area contributed by atoms with Crippen LogP contribution in [-0.2, 0) is 0 Å². The van der Waals surface area contributed by atoms with Crippen molar-refractivity contribution in [3.8, 4) is 0 Å². The Balaban J connectivity index is 0. The van der Waals surface area contributed by atoms with Crippen LogP contribution in [0.5, 0.6) is 0 Å². The monoisotopic (exact) mass is 716 g/mol. The summed E-state index contributed by atoms with van der Waals surface area (Å²) in [6, 6.07) is 41.3. The van der Waals surface area contributed by atoms with Crippen molar-refractivity contribution in [2.24, 2.45) is 10.2 Å². The van der Waals surface area contributed by atoms with Gasteiger partial charge in [0.25, 0.3) is 0 Å². The zero-order valence-corrected chi connectivity index (χ0v) is 27.9. The molecule has 0 unspecified atom stereocenters. The predicted molar refractivity (Wildman–Crippen MR) is 166 cm³/mol. The van der Waals surface area contributed by atoms with E-state index in [4.69, 9.17) is 0 Å². The van der Waals surface area contributed by atoms with Crippen molar-refractivity contribution in [3.05, 3.63) is 121 Å². The molecule has 0 bridgehead atoms. The number of benzene rings is 4. The first-order valence-electron chi connectivity index (χ1n) is 12.9. The number of hydrogen-bond acceptors (Lipinski definition) is 2. The van der Waals surface area contributed by atoms with Crippen molar-refractivity contribution < 1.29 is 0 Å². The topological polar surface area (TPSA) is 24.7 Å². The summed E-state index contributed by atoms with van der Waals surface area (Å²) < 4.78 is 3.20. The minimum absolute atomic E-state index is 0.0996. The second kappa shape index (κ2) is 29.3. The fraction of sp³-hybridized carbons (Fsp3) is 0.250. The summed E-state index contributed by atoms with van der Waals surface area (Å²) >= 11 is 0.199. The molecule has 0 amide bonds. The molecule has 4 aromatic carbocycles. The van der Waals surface area contributed by atoms with E-state index < -0.39 is 0 Å². The first-order chi connectivity index (χ1) is 17.9. The van der Waals surface area contributed by atoms with Crippen LogP contribution in [0.2, 0.25) is 0 Å². The molecular formula is C32H44N2Te2. The van der Waals surface area contributed by atoms with E-state index in [0.717, 1.165) is 11.4 Å². The van der Waals surface area contributed by atoms with Crippen LogP contribution >= 0.6 is 0 Å². The average Bonchev–Trinajstić information content (AvgIpc) is 3.01. The Morgan fingerprint density at radius 3 is 0.806 bits per heavy atom. The van der Waals surface area contributed by atoms with Crippen LogP contribution in [0, 0.1) is 0 Å². The molecule has 2 nitrogen and oxygen atoms in total. The molecular weight excluding hydrogens is 668 g/mol. The van der Waals surface area contributed by atoms with Gasteiger partial charge in [-0.2, -0.15) is 10.2 Å². The van der Waals surface area contributed by atoms with Crippen molar-refractivity contribution in [3.63, 3.8) is 0 Å². The van der Waals surface area contributed by atoms with E-state index in [-0.39, 0.29) is 34.1 Å². The number of rotatable bonds is 5. The predicted octanol–water partition coefficient (Wildman–Crippen LogP) is 9.17. The molecule has 0 N–H and O–H groups in total. The molecule has 0 aromatic heterocycles. The van der Waals surface area contributed by atoms with Crippen LogP contribution in [0.25, 0.3) is 0 Å². The summed E-state index contributed by atoms with van der Waals surface area (Å²) in [6.07, 6.45) is 0. The summed E-state index contributed by atoms with van der Waals surface area (Å²) in [5.41, 5.74) is 1.74. The standard InChI is InChI=1S/C12H10N2.C12H10Te2.4C2H6/c2*1-3-7-11(8-4-1)13-14-12-9-5-2-6-10-12;4*1-2/h2*1-10H;4*1-2H3. The molecule has 0 saturated carbocycles. The molecule has 0 radical (unpaired) electrons. The molecule has 0 fully saturated rings. The SMILES string of the molecule is CC.CC.CC.CC.c1ccc(N=Nc2ccccc2)cc1.c1ccc([Te][Te]c2ccccc2)cc1. The fourth-order valence-electron chi connectivity index (χ4n) is 2.15. The van der Waals surface area contributed by atoms with Gasteiger partial charge in [-0.15, -0.1) is 0 Å². The van der Waals surface area contributed by atoms with Crippen LogP contribution in [-0.4, -0.2) is 34.1 Å². The van der Waals surface area contributed by atoms with Gasteiger partial charge >= 0.3 is 102 Å². The molecule has 0 aliphatic rings. The van der Waals surface area contributed by atoms with Crippen LogP contribution in [0.4, 0.5) is 11.4 Å². The Morgan fingerprint density at radius 2 is 0.556 bits per heavy atom.